The number of nitrogens with zero attached hydrogens (tertiary/aromatic N) is 1. The van der Waals surface area contributed by atoms with Gasteiger partial charge in [0.25, 0.3) is 11.8 Å². The first-order chi connectivity index (χ1) is 16.6. The molecule has 0 aliphatic carbocycles. The largest absolute Gasteiger partial charge is 0.416 e. The van der Waals surface area contributed by atoms with Crippen molar-refractivity contribution in [1.29, 1.82) is 0 Å². The van der Waals surface area contributed by atoms with Crippen molar-refractivity contribution in [2.75, 3.05) is 15.5 Å². The van der Waals surface area contributed by atoms with Crippen LogP contribution in [0.25, 0.3) is 0 Å². The molecule has 0 saturated carbocycles. The quantitative estimate of drug-likeness (QED) is 0.509. The predicted molar refractivity (Wildman–Crippen MR) is 122 cm³/mol. The van der Waals surface area contributed by atoms with E-state index in [1.165, 1.54) is 54.6 Å². The Hall–Kier alpha value is -4.47. The summed E-state index contributed by atoms with van der Waals surface area (Å²) in [5, 5.41) is 5.05. The van der Waals surface area contributed by atoms with Crippen LogP contribution in [-0.4, -0.2) is 23.6 Å². The molecule has 178 valence electrons. The molecule has 0 unspecified atom stereocenters. The number of alkyl halides is 3. The van der Waals surface area contributed by atoms with Crippen molar-refractivity contribution in [3.63, 3.8) is 0 Å². The molecule has 1 aliphatic rings. The third-order valence-corrected chi connectivity index (χ3v) is 5.27. The lowest BCUT2D eigenvalue weighted by Gasteiger charge is -2.14. The summed E-state index contributed by atoms with van der Waals surface area (Å²) >= 11 is 0. The van der Waals surface area contributed by atoms with Crippen LogP contribution in [0, 0.1) is 0 Å². The number of carbonyl (C=O) groups is 4. The van der Waals surface area contributed by atoms with Crippen molar-refractivity contribution in [3.8, 4) is 0 Å². The van der Waals surface area contributed by atoms with Crippen LogP contribution in [0.5, 0.6) is 0 Å². The molecular formula is C25H18F3N3O4. The molecule has 4 amide bonds. The van der Waals surface area contributed by atoms with Crippen molar-refractivity contribution in [1.82, 2.24) is 0 Å². The molecule has 7 nitrogen and oxygen atoms in total. The summed E-state index contributed by atoms with van der Waals surface area (Å²) in [4.78, 5) is 49.9. The van der Waals surface area contributed by atoms with Gasteiger partial charge in [0.05, 0.1) is 11.3 Å². The zero-order valence-electron chi connectivity index (χ0n) is 18.1. The average molecular weight is 481 g/mol. The molecule has 3 aromatic rings. The van der Waals surface area contributed by atoms with Gasteiger partial charge in [-0.1, -0.05) is 12.1 Å². The van der Waals surface area contributed by atoms with E-state index in [4.69, 9.17) is 0 Å². The van der Waals surface area contributed by atoms with Gasteiger partial charge in [-0.15, -0.1) is 0 Å². The van der Waals surface area contributed by atoms with Gasteiger partial charge >= 0.3 is 6.18 Å². The standard InChI is InChI=1S/C25H18F3N3O4/c26-25(27,28)17-4-2-6-19(14-17)30-24(35)16-3-1-5-18(13-16)29-23(34)15-7-9-20(10-8-15)31-21(32)11-12-22(31)33/h1-10,13-14H,11-12H2,(H,29,34)(H,30,35). The van der Waals surface area contributed by atoms with Gasteiger partial charge in [-0.05, 0) is 60.7 Å². The summed E-state index contributed by atoms with van der Waals surface area (Å²) in [6.45, 7) is 0. The number of benzene rings is 3. The molecule has 0 aromatic heterocycles. The number of anilines is 3. The molecule has 0 radical (unpaired) electrons. The van der Waals surface area contributed by atoms with Gasteiger partial charge in [0, 0.05) is 35.3 Å². The number of hydrogen-bond donors (Lipinski definition) is 2. The van der Waals surface area contributed by atoms with Crippen LogP contribution in [0.4, 0.5) is 30.2 Å². The van der Waals surface area contributed by atoms with Gasteiger partial charge in [0.1, 0.15) is 0 Å². The maximum Gasteiger partial charge on any atom is 0.416 e. The topological polar surface area (TPSA) is 95.6 Å². The fraction of sp³-hybridized carbons (Fsp3) is 0.120. The minimum Gasteiger partial charge on any atom is -0.322 e. The van der Waals surface area contributed by atoms with Crippen molar-refractivity contribution in [3.05, 3.63) is 89.5 Å². The van der Waals surface area contributed by atoms with Crippen LogP contribution in [0.3, 0.4) is 0 Å². The molecule has 35 heavy (non-hydrogen) atoms. The smallest absolute Gasteiger partial charge is 0.322 e. The monoisotopic (exact) mass is 481 g/mol. The van der Waals surface area contributed by atoms with Crippen molar-refractivity contribution < 1.29 is 32.3 Å². The average Bonchev–Trinajstić information content (AvgIpc) is 3.16. The van der Waals surface area contributed by atoms with E-state index in [0.29, 0.717) is 11.4 Å². The number of imide groups is 1. The lowest BCUT2D eigenvalue weighted by atomic mass is 10.1. The highest BCUT2D eigenvalue weighted by atomic mass is 19.4. The molecule has 1 fully saturated rings. The first-order valence-corrected chi connectivity index (χ1v) is 10.5. The molecular weight excluding hydrogens is 463 g/mol. The highest BCUT2D eigenvalue weighted by molar-refractivity contribution is 6.20. The van der Waals surface area contributed by atoms with E-state index in [2.05, 4.69) is 10.6 Å². The van der Waals surface area contributed by atoms with E-state index in [1.807, 2.05) is 0 Å². The number of carbonyl (C=O) groups excluding carboxylic acids is 4. The second kappa shape index (κ2) is 9.41. The molecule has 4 rings (SSSR count). The maximum atomic E-state index is 12.9. The van der Waals surface area contributed by atoms with Crippen LogP contribution in [0.15, 0.2) is 72.8 Å². The van der Waals surface area contributed by atoms with E-state index < -0.39 is 23.6 Å². The Labute approximate surface area is 197 Å². The highest BCUT2D eigenvalue weighted by Gasteiger charge is 2.31. The summed E-state index contributed by atoms with van der Waals surface area (Å²) in [6.07, 6.45) is -4.24. The van der Waals surface area contributed by atoms with E-state index >= 15 is 0 Å². The first kappa shape index (κ1) is 23.7. The number of hydrogen-bond acceptors (Lipinski definition) is 4. The maximum absolute atomic E-state index is 12.9. The lowest BCUT2D eigenvalue weighted by molar-refractivity contribution is -0.137. The molecule has 0 bridgehead atoms. The number of halogens is 3. The summed E-state index contributed by atoms with van der Waals surface area (Å²) in [5.41, 5.74) is 0.145. The minimum atomic E-state index is -4.54. The Bertz CT molecular complexity index is 1300. The van der Waals surface area contributed by atoms with Gasteiger partial charge in [0.2, 0.25) is 11.8 Å². The summed E-state index contributed by atoms with van der Waals surface area (Å²) in [7, 11) is 0. The van der Waals surface area contributed by atoms with Gasteiger partial charge in [0.15, 0.2) is 0 Å². The van der Waals surface area contributed by atoms with Gasteiger partial charge in [-0.2, -0.15) is 13.2 Å². The summed E-state index contributed by atoms with van der Waals surface area (Å²) < 4.78 is 38.7. The first-order valence-electron chi connectivity index (χ1n) is 10.5. The van der Waals surface area contributed by atoms with Crippen molar-refractivity contribution in [2.24, 2.45) is 0 Å². The van der Waals surface area contributed by atoms with Gasteiger partial charge in [-0.25, -0.2) is 0 Å². The van der Waals surface area contributed by atoms with E-state index in [9.17, 15) is 32.3 Å². The van der Waals surface area contributed by atoms with Crippen LogP contribution >= 0.6 is 0 Å². The second-order valence-electron chi connectivity index (χ2n) is 7.74. The molecule has 0 spiro atoms. The van der Waals surface area contributed by atoms with E-state index in [0.717, 1.165) is 17.0 Å². The Morgan fingerprint density at radius 2 is 1.26 bits per heavy atom. The summed E-state index contributed by atoms with van der Waals surface area (Å²) in [5.74, 6) is -1.74. The zero-order chi connectivity index (χ0) is 25.2. The summed E-state index contributed by atoms with van der Waals surface area (Å²) in [6, 6.07) is 16.1. The fourth-order valence-corrected chi connectivity index (χ4v) is 3.54. The molecule has 1 aliphatic heterocycles. The Morgan fingerprint density at radius 1 is 0.714 bits per heavy atom. The van der Waals surface area contributed by atoms with Crippen LogP contribution in [-0.2, 0) is 15.8 Å². The second-order valence-corrected chi connectivity index (χ2v) is 7.74. The predicted octanol–water partition coefficient (Wildman–Crippen LogP) is 4.86. The zero-order valence-corrected chi connectivity index (χ0v) is 18.1. The van der Waals surface area contributed by atoms with E-state index in [-0.39, 0.29) is 41.5 Å². The SMILES string of the molecule is O=C(Nc1cccc(C(=O)Nc2cccc(C(F)(F)F)c2)c1)c1ccc(N2C(=O)CCC2=O)cc1. The van der Waals surface area contributed by atoms with Crippen LogP contribution in [0.2, 0.25) is 0 Å². The van der Waals surface area contributed by atoms with Crippen molar-refractivity contribution in [2.45, 2.75) is 19.0 Å². The third-order valence-electron chi connectivity index (χ3n) is 5.27. The Balaban J connectivity index is 1.43. The number of amides is 4. The fourth-order valence-electron chi connectivity index (χ4n) is 3.54. The third kappa shape index (κ3) is 5.37. The highest BCUT2D eigenvalue weighted by Crippen LogP contribution is 2.31. The van der Waals surface area contributed by atoms with E-state index in [1.54, 1.807) is 6.07 Å². The molecule has 1 heterocycles. The van der Waals surface area contributed by atoms with Gasteiger partial charge in [-0.3, -0.25) is 24.1 Å². The van der Waals surface area contributed by atoms with Gasteiger partial charge < -0.3 is 10.6 Å². The van der Waals surface area contributed by atoms with Crippen molar-refractivity contribution >= 4 is 40.7 Å². The Morgan fingerprint density at radius 3 is 1.86 bits per heavy atom. The minimum absolute atomic E-state index is 0.0191. The molecule has 10 heteroatoms. The molecule has 3 aromatic carbocycles. The molecule has 2 N–H and O–H groups in total. The van der Waals surface area contributed by atoms with Crippen LogP contribution in [0.1, 0.15) is 39.1 Å². The number of nitrogens with one attached hydrogen (secondary N) is 2. The van der Waals surface area contributed by atoms with Crippen LogP contribution < -0.4 is 15.5 Å². The molecule has 0 atom stereocenters. The number of rotatable bonds is 5. The Kier molecular flexibility index (Phi) is 6.37. The lowest BCUT2D eigenvalue weighted by Crippen LogP contribution is -2.28. The molecule has 1 saturated heterocycles. The normalized spacial score (nSPS) is 13.6.